The number of rotatable bonds is 12. The van der Waals surface area contributed by atoms with Gasteiger partial charge in [0.05, 0.1) is 17.0 Å². The second kappa shape index (κ2) is 14.2. The first-order chi connectivity index (χ1) is 20.5. The number of aromatic nitrogens is 2. The molecule has 8 heteroatoms. The van der Waals surface area contributed by atoms with Crippen molar-refractivity contribution in [2.45, 2.75) is 57.3 Å². The third-order valence-electron chi connectivity index (χ3n) is 7.46. The summed E-state index contributed by atoms with van der Waals surface area (Å²) in [5, 5.41) is 12.9. The lowest BCUT2D eigenvalue weighted by atomic mass is 9.84. The minimum atomic E-state index is -0.971. The number of aromatic carboxylic acids is 1. The minimum absolute atomic E-state index is 0.0241. The van der Waals surface area contributed by atoms with Gasteiger partial charge in [-0.2, -0.15) is 0 Å². The maximum absolute atomic E-state index is 11.6. The van der Waals surface area contributed by atoms with Crippen LogP contribution in [0.5, 0.6) is 0 Å². The molecule has 0 aliphatic heterocycles. The summed E-state index contributed by atoms with van der Waals surface area (Å²) in [5.74, 6) is -0.444. The average molecular weight is 599 g/mol. The fraction of sp³-hybridized carbons (Fsp3) is 0.343. The van der Waals surface area contributed by atoms with E-state index in [1.807, 2.05) is 17.4 Å². The minimum Gasteiger partial charge on any atom is -0.478 e. The summed E-state index contributed by atoms with van der Waals surface area (Å²) in [6, 6.07) is 24.1. The van der Waals surface area contributed by atoms with Gasteiger partial charge in [-0.15, -0.1) is 0 Å². The summed E-state index contributed by atoms with van der Waals surface area (Å²) in [6.45, 7) is 11.9. The number of nitrogens with zero attached hydrogens (tertiary/aromatic N) is 3. The van der Waals surface area contributed by atoms with E-state index < -0.39 is 5.97 Å². The molecule has 0 amide bonds. The molecule has 226 valence electrons. The molecule has 4 aromatic rings. The molecular weight excluding hydrogens is 556 g/mol. The van der Waals surface area contributed by atoms with Crippen LogP contribution in [0.1, 0.15) is 71.4 Å². The molecule has 0 aliphatic rings. The SMILES string of the molecule is CNCCC(c1ccc(C(C)(C)C)cc1)c1cc(-c2c(C)cccc2C)nc(N(COC)Sc2cccc(C(=O)O)c2)n1. The monoisotopic (exact) mass is 598 g/mol. The summed E-state index contributed by atoms with van der Waals surface area (Å²) < 4.78 is 7.47. The van der Waals surface area contributed by atoms with Crippen LogP contribution in [0.15, 0.2) is 77.7 Å². The van der Waals surface area contributed by atoms with Crippen molar-refractivity contribution in [3.63, 3.8) is 0 Å². The second-order valence-corrected chi connectivity index (χ2v) is 12.9. The van der Waals surface area contributed by atoms with E-state index in [9.17, 15) is 9.90 Å². The number of methoxy groups -OCH3 is 1. The van der Waals surface area contributed by atoms with Crippen molar-refractivity contribution in [2.75, 3.05) is 31.7 Å². The third kappa shape index (κ3) is 8.02. The Labute approximate surface area is 259 Å². The zero-order valence-corrected chi connectivity index (χ0v) is 27.0. The molecule has 7 nitrogen and oxygen atoms in total. The van der Waals surface area contributed by atoms with E-state index in [1.165, 1.54) is 23.1 Å². The second-order valence-electron chi connectivity index (χ2n) is 11.8. The molecule has 0 bridgehead atoms. The van der Waals surface area contributed by atoms with Crippen LogP contribution in [-0.4, -0.2) is 48.5 Å². The molecule has 1 aromatic heterocycles. The van der Waals surface area contributed by atoms with Crippen molar-refractivity contribution >= 4 is 23.9 Å². The van der Waals surface area contributed by atoms with Crippen molar-refractivity contribution in [3.8, 4) is 11.3 Å². The van der Waals surface area contributed by atoms with Crippen molar-refractivity contribution < 1.29 is 14.6 Å². The largest absolute Gasteiger partial charge is 0.478 e. The van der Waals surface area contributed by atoms with Gasteiger partial charge in [0, 0.05) is 23.5 Å². The van der Waals surface area contributed by atoms with Crippen LogP contribution in [0.25, 0.3) is 11.3 Å². The molecule has 1 unspecified atom stereocenters. The molecule has 2 N–H and O–H groups in total. The number of hydrogen-bond donors (Lipinski definition) is 2. The van der Waals surface area contributed by atoms with Crippen LogP contribution in [-0.2, 0) is 10.2 Å². The number of carboxylic acid groups (broad SMARTS) is 1. The first kappa shape index (κ1) is 32.2. The predicted octanol–water partition coefficient (Wildman–Crippen LogP) is 7.62. The number of ether oxygens (including phenoxy) is 1. The zero-order valence-electron chi connectivity index (χ0n) is 26.1. The molecular formula is C35H42N4O3S. The van der Waals surface area contributed by atoms with Gasteiger partial charge in [-0.1, -0.05) is 69.3 Å². The zero-order chi connectivity index (χ0) is 31.1. The number of nitrogens with one attached hydrogen (secondary N) is 1. The highest BCUT2D eigenvalue weighted by molar-refractivity contribution is 8.00. The summed E-state index contributed by atoms with van der Waals surface area (Å²) in [6.07, 6.45) is 0.853. The van der Waals surface area contributed by atoms with Crippen molar-refractivity contribution in [1.82, 2.24) is 15.3 Å². The number of benzene rings is 3. The van der Waals surface area contributed by atoms with Crippen LogP contribution < -0.4 is 9.62 Å². The first-order valence-electron chi connectivity index (χ1n) is 14.5. The fourth-order valence-electron chi connectivity index (χ4n) is 5.13. The molecule has 1 heterocycles. The Morgan fingerprint density at radius 1 is 1.00 bits per heavy atom. The number of carboxylic acids is 1. The molecule has 0 radical (unpaired) electrons. The lowest BCUT2D eigenvalue weighted by molar-refractivity contribution is 0.0696. The topological polar surface area (TPSA) is 87.6 Å². The highest BCUT2D eigenvalue weighted by Crippen LogP contribution is 2.36. The van der Waals surface area contributed by atoms with E-state index in [-0.39, 0.29) is 23.6 Å². The predicted molar refractivity (Wildman–Crippen MR) is 176 cm³/mol. The lowest BCUT2D eigenvalue weighted by Crippen LogP contribution is -2.22. The van der Waals surface area contributed by atoms with Crippen molar-refractivity contribution in [3.05, 3.63) is 106 Å². The van der Waals surface area contributed by atoms with E-state index in [4.69, 9.17) is 14.7 Å². The molecule has 0 saturated carbocycles. The Bertz CT molecular complexity index is 1530. The summed E-state index contributed by atoms with van der Waals surface area (Å²) in [4.78, 5) is 22.6. The fourth-order valence-corrected chi connectivity index (χ4v) is 6.03. The summed E-state index contributed by atoms with van der Waals surface area (Å²) in [7, 11) is 3.60. The number of anilines is 1. The van der Waals surface area contributed by atoms with E-state index >= 15 is 0 Å². The average Bonchev–Trinajstić information content (AvgIpc) is 2.97. The number of hydrogen-bond acceptors (Lipinski definition) is 7. The van der Waals surface area contributed by atoms with Gasteiger partial charge in [-0.3, -0.25) is 4.31 Å². The Hall–Kier alpha value is -3.72. The maximum atomic E-state index is 11.6. The van der Waals surface area contributed by atoms with Crippen molar-refractivity contribution in [1.29, 1.82) is 0 Å². The Morgan fingerprint density at radius 2 is 1.67 bits per heavy atom. The van der Waals surface area contributed by atoms with Gasteiger partial charge in [-0.05, 0) is 97.7 Å². The van der Waals surface area contributed by atoms with Crippen LogP contribution in [0.2, 0.25) is 0 Å². The lowest BCUT2D eigenvalue weighted by Gasteiger charge is -2.25. The number of carbonyl (C=O) groups is 1. The molecule has 0 spiro atoms. The van der Waals surface area contributed by atoms with Crippen molar-refractivity contribution in [2.24, 2.45) is 0 Å². The quantitative estimate of drug-likeness (QED) is 0.127. The van der Waals surface area contributed by atoms with Gasteiger partial charge in [0.1, 0.15) is 6.73 Å². The van der Waals surface area contributed by atoms with Gasteiger partial charge >= 0.3 is 5.97 Å². The summed E-state index contributed by atoms with van der Waals surface area (Å²) in [5.41, 5.74) is 7.88. The Balaban J connectivity index is 1.88. The molecule has 0 fully saturated rings. The number of aryl methyl sites for hydroxylation is 2. The smallest absolute Gasteiger partial charge is 0.335 e. The van der Waals surface area contributed by atoms with Gasteiger partial charge < -0.3 is 15.2 Å². The Morgan fingerprint density at radius 3 is 2.28 bits per heavy atom. The van der Waals surface area contributed by atoms with Crippen LogP contribution in [0.4, 0.5) is 5.95 Å². The molecule has 3 aromatic carbocycles. The van der Waals surface area contributed by atoms with E-state index in [0.717, 1.165) is 45.9 Å². The van der Waals surface area contributed by atoms with Crippen LogP contribution in [0.3, 0.4) is 0 Å². The van der Waals surface area contributed by atoms with Gasteiger partial charge in [0.15, 0.2) is 0 Å². The summed E-state index contributed by atoms with van der Waals surface area (Å²) >= 11 is 1.36. The van der Waals surface area contributed by atoms with E-state index in [0.29, 0.717) is 5.95 Å². The van der Waals surface area contributed by atoms with Crippen LogP contribution in [0, 0.1) is 13.8 Å². The highest BCUT2D eigenvalue weighted by atomic mass is 32.2. The van der Waals surface area contributed by atoms with Gasteiger partial charge in [0.2, 0.25) is 5.95 Å². The highest BCUT2D eigenvalue weighted by Gasteiger charge is 2.23. The third-order valence-corrected chi connectivity index (χ3v) is 8.41. The van der Waals surface area contributed by atoms with E-state index in [2.05, 4.69) is 88.5 Å². The molecule has 0 aliphatic carbocycles. The molecule has 43 heavy (non-hydrogen) atoms. The van der Waals surface area contributed by atoms with Gasteiger partial charge in [-0.25, -0.2) is 14.8 Å². The Kier molecular flexibility index (Phi) is 10.6. The van der Waals surface area contributed by atoms with Crippen LogP contribution >= 0.6 is 11.9 Å². The van der Waals surface area contributed by atoms with Gasteiger partial charge in [0.25, 0.3) is 0 Å². The maximum Gasteiger partial charge on any atom is 0.335 e. The first-order valence-corrected chi connectivity index (χ1v) is 15.3. The standard InChI is InChI=1S/C35H42N4O3S/c1-23-10-8-11-24(2)32(23)31-21-30(29(18-19-36-6)25-14-16-27(17-15-25)35(3,4)5)37-34(38-31)39(22-42-7)43-28-13-9-12-26(20-28)33(40)41/h8-17,20-21,29,36H,18-19,22H2,1-7H3,(H,40,41). The molecule has 4 rings (SSSR count). The van der Waals surface area contributed by atoms with E-state index in [1.54, 1.807) is 25.3 Å². The molecule has 1 atom stereocenters. The molecule has 0 saturated heterocycles. The normalized spacial score (nSPS) is 12.3.